The first kappa shape index (κ1) is 7.10. The minimum atomic E-state index is 1.03. The maximum absolute atomic E-state index is 4.28. The molecule has 0 N–H and O–H groups in total. The van der Waals surface area contributed by atoms with Crippen LogP contribution in [0.4, 0.5) is 0 Å². The quantitative estimate of drug-likeness (QED) is 0.619. The van der Waals surface area contributed by atoms with Crippen LogP contribution in [0.15, 0.2) is 36.5 Å². The van der Waals surface area contributed by atoms with Crippen LogP contribution < -0.4 is 0 Å². The lowest BCUT2D eigenvalue weighted by molar-refractivity contribution is 0.862. The third kappa shape index (κ3) is 1.23. The minimum Gasteiger partial charge on any atom is -0.241 e. The lowest BCUT2D eigenvalue weighted by atomic mass is 10.3. The first-order valence-corrected chi connectivity index (χ1v) is 3.85. The zero-order valence-electron chi connectivity index (χ0n) is 6.86. The number of rotatable bonds is 1. The Morgan fingerprint density at radius 1 is 1.25 bits per heavy atom. The van der Waals surface area contributed by atoms with Gasteiger partial charge in [-0.15, -0.1) is 0 Å². The van der Waals surface area contributed by atoms with Crippen LogP contribution in [0, 0.1) is 13.0 Å². The van der Waals surface area contributed by atoms with Crippen LogP contribution >= 0.6 is 0 Å². The molecular weight excluding hydrogens is 148 g/mol. The zero-order valence-corrected chi connectivity index (χ0v) is 6.86. The Bertz CT molecular complexity index is 362. The molecule has 12 heavy (non-hydrogen) atoms. The van der Waals surface area contributed by atoms with Gasteiger partial charge in [0.1, 0.15) is 0 Å². The van der Waals surface area contributed by atoms with Crippen molar-refractivity contribution in [2.24, 2.45) is 0 Å². The predicted octanol–water partition coefficient (Wildman–Crippen LogP) is 1.98. The van der Waals surface area contributed by atoms with Gasteiger partial charge in [0.2, 0.25) is 0 Å². The molecule has 0 saturated heterocycles. The van der Waals surface area contributed by atoms with E-state index in [1.807, 2.05) is 48.1 Å². The van der Waals surface area contributed by atoms with Crippen molar-refractivity contribution >= 4 is 0 Å². The molecule has 0 aliphatic heterocycles. The molecule has 59 valence electrons. The molecule has 2 aromatic rings. The number of aryl methyl sites for hydroxylation is 1. The van der Waals surface area contributed by atoms with Gasteiger partial charge in [-0.05, 0) is 31.2 Å². The van der Waals surface area contributed by atoms with Crippen molar-refractivity contribution in [3.63, 3.8) is 0 Å². The Balaban J connectivity index is 2.45. The lowest BCUT2D eigenvalue weighted by Crippen LogP contribution is -1.93. The standard InChI is InChI=1S/C10H9N2/c1-9-7-8-12(11-9)10-5-3-2-4-6-10/h3-8H,1H3. The fourth-order valence-corrected chi connectivity index (χ4v) is 1.09. The Labute approximate surface area is 71.5 Å². The van der Waals surface area contributed by atoms with E-state index < -0.39 is 0 Å². The summed E-state index contributed by atoms with van der Waals surface area (Å²) in [6.07, 6.45) is 1.95. The average molecular weight is 157 g/mol. The summed E-state index contributed by atoms with van der Waals surface area (Å²) in [7, 11) is 0. The summed E-state index contributed by atoms with van der Waals surface area (Å²) in [5.41, 5.74) is 2.10. The van der Waals surface area contributed by atoms with Gasteiger partial charge >= 0.3 is 0 Å². The SMILES string of the molecule is Cc1ccn(-c2cc[c]cc2)n1. The molecule has 0 spiro atoms. The van der Waals surface area contributed by atoms with Crippen molar-refractivity contribution in [2.45, 2.75) is 6.92 Å². The van der Waals surface area contributed by atoms with E-state index in [1.54, 1.807) is 0 Å². The summed E-state index contributed by atoms with van der Waals surface area (Å²) in [6.45, 7) is 1.98. The zero-order chi connectivity index (χ0) is 8.39. The first-order valence-electron chi connectivity index (χ1n) is 3.85. The second-order valence-electron chi connectivity index (χ2n) is 2.66. The average Bonchev–Trinajstić information content (AvgIpc) is 2.54. The Morgan fingerprint density at radius 2 is 2.00 bits per heavy atom. The largest absolute Gasteiger partial charge is 0.241 e. The molecule has 0 aliphatic rings. The third-order valence-corrected chi connectivity index (χ3v) is 1.69. The van der Waals surface area contributed by atoms with E-state index >= 15 is 0 Å². The van der Waals surface area contributed by atoms with Gasteiger partial charge in [-0.1, -0.05) is 12.1 Å². The predicted molar refractivity (Wildman–Crippen MR) is 47.1 cm³/mol. The van der Waals surface area contributed by atoms with Gasteiger partial charge in [0.15, 0.2) is 0 Å². The number of hydrogen-bond donors (Lipinski definition) is 0. The van der Waals surface area contributed by atoms with Gasteiger partial charge < -0.3 is 0 Å². The molecule has 2 heteroatoms. The van der Waals surface area contributed by atoms with Gasteiger partial charge in [-0.3, -0.25) is 0 Å². The third-order valence-electron chi connectivity index (χ3n) is 1.69. The second-order valence-corrected chi connectivity index (χ2v) is 2.66. The normalized spacial score (nSPS) is 10.1. The maximum atomic E-state index is 4.28. The van der Waals surface area contributed by atoms with Crippen molar-refractivity contribution in [2.75, 3.05) is 0 Å². The second kappa shape index (κ2) is 2.81. The molecule has 0 fully saturated rings. The van der Waals surface area contributed by atoms with Crippen molar-refractivity contribution < 1.29 is 0 Å². The van der Waals surface area contributed by atoms with Crippen LogP contribution in [0.25, 0.3) is 5.69 Å². The summed E-state index contributed by atoms with van der Waals surface area (Å²) >= 11 is 0. The highest BCUT2D eigenvalue weighted by Crippen LogP contribution is 2.05. The van der Waals surface area contributed by atoms with Gasteiger partial charge in [-0.25, -0.2) is 4.68 Å². The molecule has 0 atom stereocenters. The van der Waals surface area contributed by atoms with Gasteiger partial charge in [0, 0.05) is 6.20 Å². The Hall–Kier alpha value is -1.57. The summed E-state index contributed by atoms with van der Waals surface area (Å²) in [5, 5.41) is 4.28. The molecule has 0 bridgehead atoms. The molecule has 0 aliphatic carbocycles. The van der Waals surface area contributed by atoms with Crippen LogP contribution in [0.5, 0.6) is 0 Å². The fraction of sp³-hybridized carbons (Fsp3) is 0.100. The molecule has 0 saturated carbocycles. The van der Waals surface area contributed by atoms with Crippen LogP contribution in [-0.4, -0.2) is 9.78 Å². The van der Waals surface area contributed by atoms with Crippen LogP contribution in [0.3, 0.4) is 0 Å². The van der Waals surface area contributed by atoms with E-state index in [1.165, 1.54) is 0 Å². The van der Waals surface area contributed by atoms with E-state index in [4.69, 9.17) is 0 Å². The summed E-state index contributed by atoms with van der Waals surface area (Å²) in [4.78, 5) is 0. The highest BCUT2D eigenvalue weighted by atomic mass is 15.3. The van der Waals surface area contributed by atoms with Gasteiger partial charge in [0.25, 0.3) is 0 Å². The van der Waals surface area contributed by atoms with Crippen molar-refractivity contribution in [3.8, 4) is 5.69 Å². The summed E-state index contributed by atoms with van der Waals surface area (Å²) < 4.78 is 1.85. The van der Waals surface area contributed by atoms with Crippen molar-refractivity contribution in [3.05, 3.63) is 48.3 Å². The molecule has 0 amide bonds. The van der Waals surface area contributed by atoms with Crippen molar-refractivity contribution in [1.29, 1.82) is 0 Å². The monoisotopic (exact) mass is 157 g/mol. The highest BCUT2D eigenvalue weighted by molar-refractivity contribution is 5.29. The molecule has 2 rings (SSSR count). The van der Waals surface area contributed by atoms with E-state index in [0.29, 0.717) is 0 Å². The highest BCUT2D eigenvalue weighted by Gasteiger charge is 1.94. The molecule has 1 heterocycles. The van der Waals surface area contributed by atoms with Gasteiger partial charge in [-0.2, -0.15) is 5.10 Å². The molecule has 0 unspecified atom stereocenters. The van der Waals surface area contributed by atoms with Crippen LogP contribution in [0.2, 0.25) is 0 Å². The molecule has 1 aromatic heterocycles. The number of nitrogens with zero attached hydrogens (tertiary/aromatic N) is 2. The van der Waals surface area contributed by atoms with Crippen LogP contribution in [-0.2, 0) is 0 Å². The van der Waals surface area contributed by atoms with E-state index in [-0.39, 0.29) is 0 Å². The molecular formula is C10H9N2. The maximum Gasteiger partial charge on any atom is 0.0646 e. The number of benzene rings is 1. The Morgan fingerprint density at radius 3 is 2.58 bits per heavy atom. The lowest BCUT2D eigenvalue weighted by Gasteiger charge is -1.98. The first-order chi connectivity index (χ1) is 5.86. The molecule has 1 aromatic carbocycles. The smallest absolute Gasteiger partial charge is 0.0646 e. The van der Waals surface area contributed by atoms with E-state index in [9.17, 15) is 0 Å². The molecule has 2 nitrogen and oxygen atoms in total. The summed E-state index contributed by atoms with van der Waals surface area (Å²) in [6, 6.07) is 12.7. The fourth-order valence-electron chi connectivity index (χ4n) is 1.09. The Kier molecular flexibility index (Phi) is 1.67. The summed E-state index contributed by atoms with van der Waals surface area (Å²) in [5.74, 6) is 0. The number of hydrogen-bond acceptors (Lipinski definition) is 1. The number of aromatic nitrogens is 2. The van der Waals surface area contributed by atoms with Gasteiger partial charge in [0.05, 0.1) is 11.4 Å². The molecule has 1 radical (unpaired) electrons. The van der Waals surface area contributed by atoms with Crippen molar-refractivity contribution in [1.82, 2.24) is 9.78 Å². The van der Waals surface area contributed by atoms with E-state index in [0.717, 1.165) is 11.4 Å². The minimum absolute atomic E-state index is 1.03. The van der Waals surface area contributed by atoms with Crippen LogP contribution in [0.1, 0.15) is 5.69 Å². The van der Waals surface area contributed by atoms with E-state index in [2.05, 4.69) is 11.2 Å². The topological polar surface area (TPSA) is 17.8 Å².